The van der Waals surface area contributed by atoms with Gasteiger partial charge in [0, 0.05) is 19.6 Å². The average molecular weight is 503 g/mol. The van der Waals surface area contributed by atoms with Gasteiger partial charge in [0.2, 0.25) is 5.88 Å². The summed E-state index contributed by atoms with van der Waals surface area (Å²) in [6.07, 6.45) is 5.80. The Kier molecular flexibility index (Phi) is 8.98. The first-order chi connectivity index (χ1) is 16.8. The fourth-order valence-electron chi connectivity index (χ4n) is 3.62. The number of carbonyl (C=O) groups excluding carboxylic acids is 3. The molecule has 11 nitrogen and oxygen atoms in total. The molecule has 1 aromatic heterocycles. The van der Waals surface area contributed by atoms with Crippen LogP contribution in [0, 0.1) is 0 Å². The molecule has 1 aliphatic rings. The van der Waals surface area contributed by atoms with Crippen molar-refractivity contribution in [1.29, 1.82) is 0 Å². The first-order valence-corrected chi connectivity index (χ1v) is 11.9. The molecule has 196 valence electrons. The third kappa shape index (κ3) is 5.91. The Morgan fingerprint density at radius 1 is 0.889 bits per heavy atom. The monoisotopic (exact) mass is 502 g/mol. The highest BCUT2D eigenvalue weighted by atomic mass is 16.3. The number of allylic oxidation sites excluding steroid dienone is 4. The van der Waals surface area contributed by atoms with Crippen LogP contribution in [0.3, 0.4) is 0 Å². The van der Waals surface area contributed by atoms with Gasteiger partial charge in [-0.15, -0.1) is 0 Å². The molecule has 1 fully saturated rings. The van der Waals surface area contributed by atoms with Crippen molar-refractivity contribution in [2.24, 2.45) is 0 Å². The molecule has 0 bridgehead atoms. The van der Waals surface area contributed by atoms with E-state index in [1.54, 1.807) is 33.8 Å². The van der Waals surface area contributed by atoms with Gasteiger partial charge in [0.25, 0.3) is 17.4 Å². The van der Waals surface area contributed by atoms with Crippen LogP contribution in [0.2, 0.25) is 0 Å². The van der Waals surface area contributed by atoms with Crippen LogP contribution < -0.4 is 11.2 Å². The van der Waals surface area contributed by atoms with E-state index >= 15 is 0 Å². The van der Waals surface area contributed by atoms with Crippen molar-refractivity contribution in [2.75, 3.05) is 40.8 Å². The number of carbonyl (C=O) groups is 3. The summed E-state index contributed by atoms with van der Waals surface area (Å²) < 4.78 is 2.81. The average Bonchev–Trinajstić information content (AvgIpc) is 2.78. The summed E-state index contributed by atoms with van der Waals surface area (Å²) in [5, 5.41) is 10.7. The van der Waals surface area contributed by atoms with E-state index in [2.05, 4.69) is 0 Å². The van der Waals surface area contributed by atoms with Crippen LogP contribution >= 0.6 is 0 Å². The minimum Gasteiger partial charge on any atom is -0.494 e. The van der Waals surface area contributed by atoms with E-state index in [0.717, 1.165) is 14.4 Å². The lowest BCUT2D eigenvalue weighted by Gasteiger charge is -2.32. The summed E-state index contributed by atoms with van der Waals surface area (Å²) in [7, 11) is 5.87. The molecular weight excluding hydrogens is 466 g/mol. The predicted molar refractivity (Wildman–Crippen MR) is 136 cm³/mol. The van der Waals surface area contributed by atoms with E-state index in [0.29, 0.717) is 16.6 Å². The highest BCUT2D eigenvalue weighted by Gasteiger charge is 2.40. The Bertz CT molecular complexity index is 1230. The molecule has 0 aliphatic carbocycles. The molecule has 1 N–H and O–H groups in total. The number of quaternary nitrogens is 1. The summed E-state index contributed by atoms with van der Waals surface area (Å²) >= 11 is 0. The fourth-order valence-corrected chi connectivity index (χ4v) is 3.62. The van der Waals surface area contributed by atoms with E-state index in [9.17, 15) is 29.1 Å². The van der Waals surface area contributed by atoms with Gasteiger partial charge in [-0.1, -0.05) is 17.7 Å². The van der Waals surface area contributed by atoms with Crippen LogP contribution in [0.1, 0.15) is 33.3 Å². The largest absolute Gasteiger partial charge is 0.494 e. The minimum atomic E-state index is -0.668. The molecule has 0 spiro atoms. The number of amides is 4. The maximum Gasteiger partial charge on any atom is 0.334 e. The number of barbiturate groups is 1. The van der Waals surface area contributed by atoms with Gasteiger partial charge in [-0.05, 0) is 39.8 Å². The van der Waals surface area contributed by atoms with Gasteiger partial charge in [0.1, 0.15) is 11.1 Å². The minimum absolute atomic E-state index is 0.0389. The maximum absolute atomic E-state index is 12.8. The lowest BCUT2D eigenvalue weighted by atomic mass is 10.1. The number of likely N-dealkylation sites (N-methyl/N-ethyl adjacent to an activating group) is 3. The molecule has 1 saturated heterocycles. The second-order valence-corrected chi connectivity index (χ2v) is 9.44. The number of nitrogens with zero attached hydrogens (tertiary/aromatic N) is 5. The van der Waals surface area contributed by atoms with E-state index in [4.69, 9.17) is 0 Å². The van der Waals surface area contributed by atoms with E-state index in [1.165, 1.54) is 22.8 Å². The van der Waals surface area contributed by atoms with Gasteiger partial charge in [0.15, 0.2) is 0 Å². The lowest BCUT2D eigenvalue weighted by molar-refractivity contribution is -0.871. The van der Waals surface area contributed by atoms with E-state index in [1.807, 2.05) is 21.1 Å². The molecule has 2 rings (SSSR count). The third-order valence-corrected chi connectivity index (χ3v) is 5.82. The molecule has 36 heavy (non-hydrogen) atoms. The number of aromatic nitrogens is 2. The van der Waals surface area contributed by atoms with Crippen LogP contribution in [0.15, 0.2) is 39.0 Å². The van der Waals surface area contributed by atoms with Crippen molar-refractivity contribution in [3.63, 3.8) is 0 Å². The van der Waals surface area contributed by atoms with Crippen LogP contribution in [-0.4, -0.2) is 87.1 Å². The number of urea groups is 1. The number of hydrogen-bond acceptors (Lipinski definition) is 6. The summed E-state index contributed by atoms with van der Waals surface area (Å²) in [5.74, 6) is -1.75. The molecule has 4 amide bonds. The Morgan fingerprint density at radius 2 is 1.44 bits per heavy atom. The Hall–Kier alpha value is -3.73. The predicted octanol–water partition coefficient (Wildman–Crippen LogP) is 1.16. The van der Waals surface area contributed by atoms with Crippen LogP contribution in [0.5, 0.6) is 5.88 Å². The molecule has 1 aromatic rings. The summed E-state index contributed by atoms with van der Waals surface area (Å²) in [6.45, 7) is 7.86. The molecular formula is C25H36N5O6+. The number of aromatic hydroxyl groups is 1. The lowest BCUT2D eigenvalue weighted by Crippen LogP contribution is -2.56. The summed E-state index contributed by atoms with van der Waals surface area (Å²) in [5.41, 5.74) is -0.805. The zero-order chi connectivity index (χ0) is 27.4. The van der Waals surface area contributed by atoms with Gasteiger partial charge in [-0.3, -0.25) is 33.3 Å². The van der Waals surface area contributed by atoms with Crippen molar-refractivity contribution in [2.45, 2.75) is 40.8 Å². The summed E-state index contributed by atoms with van der Waals surface area (Å²) in [4.78, 5) is 65.1. The Labute approximate surface area is 210 Å². The SMILES string of the molecule is CCN1C(=O)C(=C/C=C(C)/C=C/c2c(O)n(CC[N+](C)(C)C)c(=O)n(CC)c2=O)C(=O)N(CC)C1=O. The highest BCUT2D eigenvalue weighted by molar-refractivity contribution is 6.28. The zero-order valence-electron chi connectivity index (χ0n) is 22.1. The van der Waals surface area contributed by atoms with E-state index < -0.39 is 35.0 Å². The smallest absolute Gasteiger partial charge is 0.334 e. The van der Waals surface area contributed by atoms with E-state index in [-0.39, 0.29) is 37.3 Å². The molecule has 0 saturated carbocycles. The Morgan fingerprint density at radius 3 is 1.92 bits per heavy atom. The van der Waals surface area contributed by atoms with Crippen molar-refractivity contribution in [3.05, 3.63) is 55.8 Å². The highest BCUT2D eigenvalue weighted by Crippen LogP contribution is 2.18. The van der Waals surface area contributed by atoms with Crippen molar-refractivity contribution in [3.8, 4) is 5.88 Å². The first kappa shape index (κ1) is 28.5. The summed E-state index contributed by atoms with van der Waals surface area (Å²) in [6, 6.07) is -0.643. The van der Waals surface area contributed by atoms with Crippen LogP contribution in [-0.2, 0) is 22.7 Å². The molecule has 2 heterocycles. The van der Waals surface area contributed by atoms with Gasteiger partial charge in [-0.2, -0.15) is 0 Å². The standard InChI is InChI=1S/C25H35N5O6/c1-8-26-20(31)18(21(32)27(9-2)24(26)35)13-11-17(4)12-14-19-22(33)28(10-3)25(36)29(23(19)34)15-16-30(5,6)7/h11-14H,8-10,15-16H2,1-7H3/p+1. The molecule has 0 unspecified atom stereocenters. The molecule has 0 atom stereocenters. The van der Waals surface area contributed by atoms with Crippen molar-refractivity contribution < 1.29 is 24.0 Å². The van der Waals surface area contributed by atoms with Crippen molar-refractivity contribution >= 4 is 23.9 Å². The van der Waals surface area contributed by atoms with Crippen molar-refractivity contribution in [1.82, 2.24) is 18.9 Å². The topological polar surface area (TPSA) is 122 Å². The Balaban J connectivity index is 2.47. The molecule has 1 aliphatic heterocycles. The second-order valence-electron chi connectivity index (χ2n) is 9.44. The number of rotatable bonds is 9. The third-order valence-electron chi connectivity index (χ3n) is 5.82. The quantitative estimate of drug-likeness (QED) is 0.234. The first-order valence-electron chi connectivity index (χ1n) is 11.9. The fraction of sp³-hybridized carbons (Fsp3) is 0.480. The van der Waals surface area contributed by atoms with Gasteiger partial charge >= 0.3 is 11.7 Å². The van der Waals surface area contributed by atoms with Gasteiger partial charge in [0.05, 0.1) is 34.2 Å². The molecule has 0 radical (unpaired) electrons. The number of imide groups is 2. The normalized spacial score (nSPS) is 15.5. The number of hydrogen-bond donors (Lipinski definition) is 1. The zero-order valence-corrected chi connectivity index (χ0v) is 22.1. The van der Waals surface area contributed by atoms with Gasteiger partial charge in [-0.25, -0.2) is 9.59 Å². The maximum atomic E-state index is 12.8. The molecule has 11 heteroatoms. The second kappa shape index (κ2) is 11.3. The molecule has 0 aromatic carbocycles. The van der Waals surface area contributed by atoms with Crippen LogP contribution in [0.4, 0.5) is 4.79 Å². The van der Waals surface area contributed by atoms with Crippen LogP contribution in [0.25, 0.3) is 6.08 Å². The van der Waals surface area contributed by atoms with Gasteiger partial charge < -0.3 is 9.59 Å².